The van der Waals surface area contributed by atoms with Gasteiger partial charge in [-0.3, -0.25) is 4.72 Å². The molecule has 0 aliphatic carbocycles. The van der Waals surface area contributed by atoms with Crippen molar-refractivity contribution in [2.75, 3.05) is 22.7 Å². The van der Waals surface area contributed by atoms with Crippen molar-refractivity contribution in [3.05, 3.63) is 66.2 Å². The second-order valence-corrected chi connectivity index (χ2v) is 7.97. The molecule has 0 unspecified atom stereocenters. The average molecular weight is 369 g/mol. The summed E-state index contributed by atoms with van der Waals surface area (Å²) in [4.78, 5) is 2.50. The molecule has 0 saturated carbocycles. The molecule has 0 radical (unpaired) electrons. The molecular weight excluding hydrogens is 344 g/mol. The number of nitrogens with one attached hydrogen (secondary N) is 1. The first kappa shape index (κ1) is 18.3. The van der Waals surface area contributed by atoms with Crippen LogP contribution in [0.1, 0.15) is 19.4 Å². The lowest BCUT2D eigenvalue weighted by atomic mass is 10.1. The Balaban J connectivity index is 1.91. The molecule has 0 aromatic heterocycles. The summed E-state index contributed by atoms with van der Waals surface area (Å²) in [5.41, 5.74) is 2.61. The molecule has 136 valence electrons. The van der Waals surface area contributed by atoms with Crippen molar-refractivity contribution >= 4 is 32.2 Å². The van der Waals surface area contributed by atoms with Crippen LogP contribution in [0.25, 0.3) is 10.8 Å². The van der Waals surface area contributed by atoms with Crippen LogP contribution in [-0.2, 0) is 10.0 Å². The number of benzene rings is 3. The molecule has 0 aliphatic rings. The molecule has 26 heavy (non-hydrogen) atoms. The van der Waals surface area contributed by atoms with Crippen LogP contribution in [0.4, 0.5) is 11.4 Å². The Kier molecular flexibility index (Phi) is 5.18. The molecule has 3 aromatic carbocycles. The van der Waals surface area contributed by atoms with Crippen LogP contribution in [0.2, 0.25) is 0 Å². The Bertz CT molecular complexity index is 1030. The summed E-state index contributed by atoms with van der Waals surface area (Å²) in [5, 5.41) is 1.93. The fourth-order valence-electron chi connectivity index (χ4n) is 3.09. The van der Waals surface area contributed by atoms with Gasteiger partial charge in [-0.05, 0) is 67.4 Å². The first-order chi connectivity index (χ1) is 12.4. The van der Waals surface area contributed by atoms with Gasteiger partial charge in [-0.2, -0.15) is 0 Å². The molecule has 0 spiro atoms. The molecular formula is C21H24N2O2S. The van der Waals surface area contributed by atoms with E-state index in [9.17, 15) is 8.42 Å². The molecule has 5 heteroatoms. The molecule has 1 N–H and O–H groups in total. The molecule has 0 heterocycles. The Hall–Kier alpha value is -2.53. The first-order valence-electron chi connectivity index (χ1n) is 8.82. The van der Waals surface area contributed by atoms with E-state index < -0.39 is 10.0 Å². The summed E-state index contributed by atoms with van der Waals surface area (Å²) in [5.74, 6) is 0. The van der Waals surface area contributed by atoms with Gasteiger partial charge in [0.05, 0.1) is 10.6 Å². The molecule has 4 nitrogen and oxygen atoms in total. The zero-order valence-electron chi connectivity index (χ0n) is 15.4. The van der Waals surface area contributed by atoms with Crippen molar-refractivity contribution in [3.8, 4) is 0 Å². The van der Waals surface area contributed by atoms with Crippen LogP contribution in [0, 0.1) is 6.92 Å². The topological polar surface area (TPSA) is 49.4 Å². The summed E-state index contributed by atoms with van der Waals surface area (Å²) in [7, 11) is -3.64. The summed E-state index contributed by atoms with van der Waals surface area (Å²) >= 11 is 0. The van der Waals surface area contributed by atoms with Crippen molar-refractivity contribution < 1.29 is 8.42 Å². The fourth-order valence-corrected chi connectivity index (χ4v) is 4.25. The molecule has 0 saturated heterocycles. The van der Waals surface area contributed by atoms with Gasteiger partial charge in [0.25, 0.3) is 10.0 Å². The zero-order chi connectivity index (χ0) is 18.7. The largest absolute Gasteiger partial charge is 0.372 e. The SMILES string of the molecule is CCN(CC)c1ccc(NS(=O)(=O)c2ccc3ccccc3c2)c(C)c1. The van der Waals surface area contributed by atoms with Crippen molar-refractivity contribution in [3.63, 3.8) is 0 Å². The van der Waals surface area contributed by atoms with E-state index in [-0.39, 0.29) is 4.90 Å². The van der Waals surface area contributed by atoms with Gasteiger partial charge >= 0.3 is 0 Å². The van der Waals surface area contributed by atoms with Crippen LogP contribution in [0.5, 0.6) is 0 Å². The van der Waals surface area contributed by atoms with Gasteiger partial charge in [-0.1, -0.05) is 30.3 Å². The van der Waals surface area contributed by atoms with Crippen LogP contribution in [0.3, 0.4) is 0 Å². The number of hydrogen-bond acceptors (Lipinski definition) is 3. The van der Waals surface area contributed by atoms with E-state index in [1.165, 1.54) is 0 Å². The number of sulfonamides is 1. The second-order valence-electron chi connectivity index (χ2n) is 6.29. The summed E-state index contributed by atoms with van der Waals surface area (Å²) < 4.78 is 28.3. The highest BCUT2D eigenvalue weighted by atomic mass is 32.2. The highest BCUT2D eigenvalue weighted by molar-refractivity contribution is 7.92. The second kappa shape index (κ2) is 7.38. The summed E-state index contributed by atoms with van der Waals surface area (Å²) in [6.07, 6.45) is 0. The summed E-state index contributed by atoms with van der Waals surface area (Å²) in [6.45, 7) is 7.96. The molecule has 0 atom stereocenters. The van der Waals surface area contributed by atoms with Gasteiger partial charge in [0.15, 0.2) is 0 Å². The average Bonchev–Trinajstić information content (AvgIpc) is 2.64. The van der Waals surface area contributed by atoms with Crippen molar-refractivity contribution in [1.29, 1.82) is 0 Å². The van der Waals surface area contributed by atoms with Crippen LogP contribution in [0.15, 0.2) is 65.6 Å². The van der Waals surface area contributed by atoms with E-state index in [2.05, 4.69) is 23.5 Å². The molecule has 0 fully saturated rings. The maximum absolute atomic E-state index is 12.8. The van der Waals surface area contributed by atoms with E-state index >= 15 is 0 Å². The minimum atomic E-state index is -3.64. The number of hydrogen-bond donors (Lipinski definition) is 1. The normalized spacial score (nSPS) is 11.5. The van der Waals surface area contributed by atoms with E-state index in [1.807, 2.05) is 55.5 Å². The number of nitrogens with zero attached hydrogens (tertiary/aromatic N) is 1. The number of fused-ring (bicyclic) bond motifs is 1. The van der Waals surface area contributed by atoms with Gasteiger partial charge in [0.1, 0.15) is 0 Å². The highest BCUT2D eigenvalue weighted by Gasteiger charge is 2.16. The highest BCUT2D eigenvalue weighted by Crippen LogP contribution is 2.26. The monoisotopic (exact) mass is 368 g/mol. The van der Waals surface area contributed by atoms with Gasteiger partial charge < -0.3 is 4.90 Å². The Morgan fingerprint density at radius 2 is 1.58 bits per heavy atom. The van der Waals surface area contributed by atoms with Gasteiger partial charge in [0.2, 0.25) is 0 Å². The van der Waals surface area contributed by atoms with Crippen molar-refractivity contribution in [2.24, 2.45) is 0 Å². The lowest BCUT2D eigenvalue weighted by molar-refractivity contribution is 0.601. The van der Waals surface area contributed by atoms with Crippen LogP contribution < -0.4 is 9.62 Å². The van der Waals surface area contributed by atoms with Gasteiger partial charge in [-0.15, -0.1) is 0 Å². The third kappa shape index (κ3) is 3.68. The smallest absolute Gasteiger partial charge is 0.261 e. The molecule has 0 aliphatic heterocycles. The Morgan fingerprint density at radius 1 is 0.885 bits per heavy atom. The fraction of sp³-hybridized carbons (Fsp3) is 0.238. The number of rotatable bonds is 6. The quantitative estimate of drug-likeness (QED) is 0.680. The molecule has 0 amide bonds. The maximum atomic E-state index is 12.8. The number of anilines is 2. The predicted molar refractivity (Wildman–Crippen MR) is 109 cm³/mol. The Morgan fingerprint density at radius 3 is 2.23 bits per heavy atom. The molecule has 3 aromatic rings. The lowest BCUT2D eigenvalue weighted by Gasteiger charge is -2.22. The molecule has 0 bridgehead atoms. The number of aryl methyl sites for hydroxylation is 1. The lowest BCUT2D eigenvalue weighted by Crippen LogP contribution is -2.22. The van der Waals surface area contributed by atoms with E-state index in [0.29, 0.717) is 5.69 Å². The van der Waals surface area contributed by atoms with Crippen molar-refractivity contribution in [1.82, 2.24) is 0 Å². The van der Waals surface area contributed by atoms with Gasteiger partial charge in [0, 0.05) is 18.8 Å². The minimum Gasteiger partial charge on any atom is -0.372 e. The summed E-state index contributed by atoms with van der Waals surface area (Å²) in [6, 6.07) is 18.7. The van der Waals surface area contributed by atoms with Crippen LogP contribution in [-0.4, -0.2) is 21.5 Å². The standard InChI is InChI=1S/C21H24N2O2S/c1-4-23(5-2)19-11-13-21(16(3)14-19)22-26(24,25)20-12-10-17-8-6-7-9-18(17)15-20/h6-15,22H,4-5H2,1-3H3. The molecule has 3 rings (SSSR count). The van der Waals surface area contributed by atoms with Crippen LogP contribution >= 0.6 is 0 Å². The zero-order valence-corrected chi connectivity index (χ0v) is 16.2. The first-order valence-corrected chi connectivity index (χ1v) is 10.3. The van der Waals surface area contributed by atoms with E-state index in [1.54, 1.807) is 12.1 Å². The predicted octanol–water partition coefficient (Wildman–Crippen LogP) is 4.80. The van der Waals surface area contributed by atoms with E-state index in [0.717, 1.165) is 35.1 Å². The van der Waals surface area contributed by atoms with Gasteiger partial charge in [-0.25, -0.2) is 8.42 Å². The minimum absolute atomic E-state index is 0.267. The third-order valence-corrected chi connectivity index (χ3v) is 5.98. The maximum Gasteiger partial charge on any atom is 0.261 e. The van der Waals surface area contributed by atoms with E-state index in [4.69, 9.17) is 0 Å². The Labute approximate surface area is 155 Å². The third-order valence-electron chi connectivity index (χ3n) is 4.61. The van der Waals surface area contributed by atoms with Crippen molar-refractivity contribution in [2.45, 2.75) is 25.7 Å².